The van der Waals surface area contributed by atoms with Gasteiger partial charge in [-0.2, -0.15) is 0 Å². The fraction of sp³-hybridized carbons (Fsp3) is 0.571. The van der Waals surface area contributed by atoms with Gasteiger partial charge in [-0.15, -0.1) is 0 Å². The first-order valence-corrected chi connectivity index (χ1v) is 7.30. The summed E-state index contributed by atoms with van der Waals surface area (Å²) < 4.78 is 39.0. The van der Waals surface area contributed by atoms with E-state index in [-0.39, 0.29) is 28.6 Å². The second-order valence-electron chi connectivity index (χ2n) is 5.31. The fourth-order valence-electron chi connectivity index (χ4n) is 3.01. The van der Waals surface area contributed by atoms with E-state index in [9.17, 15) is 8.78 Å². The fourth-order valence-corrected chi connectivity index (χ4v) is 3.24. The van der Waals surface area contributed by atoms with Crippen LogP contribution in [0.4, 0.5) is 14.5 Å². The molecule has 0 saturated carbocycles. The molecule has 1 fully saturated rings. The van der Waals surface area contributed by atoms with Gasteiger partial charge in [0.2, 0.25) is 0 Å². The van der Waals surface area contributed by atoms with E-state index < -0.39 is 11.6 Å². The second kappa shape index (κ2) is 5.94. The van der Waals surface area contributed by atoms with Crippen molar-refractivity contribution in [3.05, 3.63) is 22.7 Å². The quantitative estimate of drug-likeness (QED) is 0.848. The third-order valence-corrected chi connectivity index (χ3v) is 4.19. The number of benzene rings is 1. The van der Waals surface area contributed by atoms with Crippen molar-refractivity contribution in [2.45, 2.75) is 18.6 Å². The minimum atomic E-state index is -0.954. The summed E-state index contributed by atoms with van der Waals surface area (Å²) in [7, 11) is 1.58. The Bertz CT molecular complexity index is 544. The number of nitrogens with one attached hydrogen (secondary N) is 1. The van der Waals surface area contributed by atoms with Gasteiger partial charge >= 0.3 is 0 Å². The lowest BCUT2D eigenvalue weighted by atomic mass is 10.1. The lowest BCUT2D eigenvalue weighted by Gasteiger charge is -2.37. The van der Waals surface area contributed by atoms with Crippen LogP contribution in [0.1, 0.15) is 6.42 Å². The normalized spacial score (nSPS) is 24.9. The Kier molecular flexibility index (Phi) is 4.19. The highest BCUT2D eigenvalue weighted by Crippen LogP contribution is 2.43. The molecule has 1 aromatic rings. The Morgan fingerprint density at radius 1 is 1.52 bits per heavy atom. The number of anilines is 1. The summed E-state index contributed by atoms with van der Waals surface area (Å²) in [4.78, 5) is 1.85. The van der Waals surface area contributed by atoms with Gasteiger partial charge in [0.15, 0.2) is 17.4 Å². The lowest BCUT2D eigenvalue weighted by Crippen LogP contribution is -2.52. The third-order valence-electron chi connectivity index (χ3n) is 3.91. The largest absolute Gasteiger partial charge is 0.484 e. The number of fused-ring (bicyclic) bond motifs is 3. The van der Waals surface area contributed by atoms with Gasteiger partial charge < -0.3 is 19.7 Å². The number of piperazine rings is 1. The molecule has 21 heavy (non-hydrogen) atoms. The first-order chi connectivity index (χ1) is 10.1. The van der Waals surface area contributed by atoms with Crippen molar-refractivity contribution < 1.29 is 18.3 Å². The van der Waals surface area contributed by atoms with Gasteiger partial charge in [-0.25, -0.2) is 8.78 Å². The molecule has 2 aliphatic heterocycles. The molecule has 2 aliphatic rings. The summed E-state index contributed by atoms with van der Waals surface area (Å²) in [5.41, 5.74) is 0.130. The number of rotatable bonds is 2. The maximum absolute atomic E-state index is 14.3. The molecule has 0 bridgehead atoms. The van der Waals surface area contributed by atoms with Crippen LogP contribution in [0.3, 0.4) is 0 Å². The van der Waals surface area contributed by atoms with Gasteiger partial charge in [0.25, 0.3) is 0 Å². The number of hydrogen-bond donors (Lipinski definition) is 1. The molecule has 0 amide bonds. The number of halogens is 3. The van der Waals surface area contributed by atoms with Crippen molar-refractivity contribution >= 4 is 17.3 Å². The van der Waals surface area contributed by atoms with E-state index in [2.05, 4.69) is 5.32 Å². The second-order valence-corrected chi connectivity index (χ2v) is 5.72. The van der Waals surface area contributed by atoms with Crippen molar-refractivity contribution in [1.29, 1.82) is 0 Å². The molecular weight excluding hydrogens is 302 g/mol. The van der Waals surface area contributed by atoms with E-state index in [0.717, 1.165) is 6.07 Å². The maximum Gasteiger partial charge on any atom is 0.186 e. The van der Waals surface area contributed by atoms with Gasteiger partial charge in [0, 0.05) is 39.2 Å². The standard InChI is InChI=1S/C14H17ClF2N2O2/c1-20-7-9-4-8-6-18-2-3-19(8)13-12(17)11(16)5-10(15)14(13)21-9/h5,8-9,18H,2-4,6-7H2,1H3/t8-,9+/m1/s1. The van der Waals surface area contributed by atoms with E-state index in [4.69, 9.17) is 21.1 Å². The SMILES string of the molecule is COC[C@@H]1C[C@@H]2CNCCN2c2c(F)c(F)cc(Cl)c2O1. The highest BCUT2D eigenvalue weighted by Gasteiger charge is 2.36. The zero-order valence-electron chi connectivity index (χ0n) is 11.7. The highest BCUT2D eigenvalue weighted by molar-refractivity contribution is 6.32. The van der Waals surface area contributed by atoms with Crippen LogP contribution in [0.15, 0.2) is 6.07 Å². The van der Waals surface area contributed by atoms with Gasteiger partial charge in [-0.3, -0.25) is 0 Å². The summed E-state index contributed by atoms with van der Waals surface area (Å²) in [5, 5.41) is 3.35. The van der Waals surface area contributed by atoms with Crippen LogP contribution in [0.2, 0.25) is 5.02 Å². The highest BCUT2D eigenvalue weighted by atomic mass is 35.5. The van der Waals surface area contributed by atoms with Crippen molar-refractivity contribution in [2.24, 2.45) is 0 Å². The van der Waals surface area contributed by atoms with Crippen molar-refractivity contribution in [1.82, 2.24) is 5.32 Å². The zero-order valence-corrected chi connectivity index (χ0v) is 12.4. The van der Waals surface area contributed by atoms with E-state index in [1.54, 1.807) is 7.11 Å². The van der Waals surface area contributed by atoms with E-state index in [1.807, 2.05) is 4.90 Å². The summed E-state index contributed by atoms with van der Waals surface area (Å²) in [6.45, 7) is 2.35. The average molecular weight is 319 g/mol. The summed E-state index contributed by atoms with van der Waals surface area (Å²) >= 11 is 6.07. The number of hydrogen-bond acceptors (Lipinski definition) is 4. The smallest absolute Gasteiger partial charge is 0.186 e. The van der Waals surface area contributed by atoms with Crippen LogP contribution >= 0.6 is 11.6 Å². The van der Waals surface area contributed by atoms with Crippen LogP contribution < -0.4 is 15.0 Å². The molecule has 7 heteroatoms. The molecule has 2 atom stereocenters. The molecule has 0 spiro atoms. The van der Waals surface area contributed by atoms with Crippen molar-refractivity contribution in [3.8, 4) is 5.75 Å². The predicted octanol–water partition coefficient (Wildman–Crippen LogP) is 2.19. The monoisotopic (exact) mass is 318 g/mol. The predicted molar refractivity (Wildman–Crippen MR) is 76.3 cm³/mol. The molecule has 116 valence electrons. The van der Waals surface area contributed by atoms with Gasteiger partial charge in [-0.05, 0) is 6.07 Å². The van der Waals surface area contributed by atoms with Gasteiger partial charge in [-0.1, -0.05) is 11.6 Å². The van der Waals surface area contributed by atoms with Crippen LogP contribution in [-0.4, -0.2) is 45.5 Å². The van der Waals surface area contributed by atoms with E-state index in [0.29, 0.717) is 32.7 Å². The molecule has 4 nitrogen and oxygen atoms in total. The van der Waals surface area contributed by atoms with Gasteiger partial charge in [0.1, 0.15) is 11.8 Å². The van der Waals surface area contributed by atoms with E-state index >= 15 is 0 Å². The Hall–Kier alpha value is -1.11. The minimum absolute atomic E-state index is 0.0208. The number of methoxy groups -OCH3 is 1. The zero-order chi connectivity index (χ0) is 15.0. The maximum atomic E-state index is 14.3. The molecule has 1 aromatic carbocycles. The topological polar surface area (TPSA) is 33.7 Å². The Morgan fingerprint density at radius 3 is 3.10 bits per heavy atom. The van der Waals surface area contributed by atoms with Crippen LogP contribution in [-0.2, 0) is 4.74 Å². The molecule has 0 aromatic heterocycles. The van der Waals surface area contributed by atoms with Crippen LogP contribution in [0.5, 0.6) is 5.75 Å². The molecular formula is C14H17ClF2N2O2. The molecule has 0 radical (unpaired) electrons. The molecule has 1 saturated heterocycles. The summed E-state index contributed by atoms with van der Waals surface area (Å²) in [5.74, 6) is -1.65. The van der Waals surface area contributed by atoms with Crippen molar-refractivity contribution in [3.63, 3.8) is 0 Å². The molecule has 2 heterocycles. The average Bonchev–Trinajstić information content (AvgIpc) is 2.62. The van der Waals surface area contributed by atoms with E-state index in [1.165, 1.54) is 0 Å². The van der Waals surface area contributed by atoms with Crippen molar-refractivity contribution in [2.75, 3.05) is 38.3 Å². The minimum Gasteiger partial charge on any atom is -0.484 e. The van der Waals surface area contributed by atoms with Crippen LogP contribution in [0, 0.1) is 11.6 Å². The summed E-state index contributed by atoms with van der Waals surface area (Å²) in [6.07, 6.45) is 0.415. The molecule has 3 rings (SSSR count). The number of nitrogens with zero attached hydrogens (tertiary/aromatic N) is 1. The Morgan fingerprint density at radius 2 is 2.33 bits per heavy atom. The first-order valence-electron chi connectivity index (χ1n) is 6.92. The number of ether oxygens (including phenoxy) is 2. The van der Waals surface area contributed by atoms with Gasteiger partial charge in [0.05, 0.1) is 11.6 Å². The Balaban J connectivity index is 2.10. The Labute approximate surface area is 127 Å². The molecule has 0 aliphatic carbocycles. The lowest BCUT2D eigenvalue weighted by molar-refractivity contribution is 0.0745. The first kappa shape index (κ1) is 14.8. The summed E-state index contributed by atoms with van der Waals surface area (Å²) in [6, 6.07) is 0.981. The van der Waals surface area contributed by atoms with Crippen LogP contribution in [0.25, 0.3) is 0 Å². The molecule has 0 unspecified atom stereocenters. The molecule has 1 N–H and O–H groups in total. The third kappa shape index (κ3) is 2.67.